The molecule has 1 aliphatic rings. The van der Waals surface area contributed by atoms with E-state index in [4.69, 9.17) is 31.9 Å². The number of esters is 1. The summed E-state index contributed by atoms with van der Waals surface area (Å²) in [6, 6.07) is 20.2. The Morgan fingerprint density at radius 1 is 0.864 bits per heavy atom. The van der Waals surface area contributed by atoms with Gasteiger partial charge in [0.1, 0.15) is 35.5 Å². The van der Waals surface area contributed by atoms with Crippen LogP contribution in [-0.2, 0) is 67.5 Å². The zero-order chi connectivity index (χ0) is 42.5. The number of aromatic nitrogens is 3. The fourth-order valence-corrected chi connectivity index (χ4v) is 8.41. The van der Waals surface area contributed by atoms with Gasteiger partial charge in [0.2, 0.25) is 0 Å². The zero-order valence-corrected chi connectivity index (χ0v) is 33.7. The van der Waals surface area contributed by atoms with Crippen molar-refractivity contribution in [1.29, 1.82) is 0 Å². The number of Topliss-reactive ketones (excluding diaryl/α,β-unsaturated/α-hetero) is 1. The molecule has 1 aliphatic heterocycles. The summed E-state index contributed by atoms with van der Waals surface area (Å²) in [5.41, 5.74) is 0.603. The average Bonchev–Trinajstić information content (AvgIpc) is 3.73. The molecule has 3 unspecified atom stereocenters. The number of carbonyl (C=O) groups is 2. The van der Waals surface area contributed by atoms with E-state index in [1.54, 1.807) is 62.4 Å². The number of hydrogen-bond acceptors (Lipinski definition) is 16. The molecule has 0 aliphatic carbocycles. The predicted octanol–water partition coefficient (Wildman–Crippen LogP) is 4.19. The molecule has 0 saturated carbocycles. The summed E-state index contributed by atoms with van der Waals surface area (Å²) in [4.78, 5) is 60.4. The summed E-state index contributed by atoms with van der Waals surface area (Å²) in [5, 5.41) is 26.2. The highest BCUT2D eigenvalue weighted by atomic mass is 31.3. The van der Waals surface area contributed by atoms with E-state index in [1.165, 1.54) is 31.2 Å². The third kappa shape index (κ3) is 11.0. The summed E-state index contributed by atoms with van der Waals surface area (Å²) >= 11 is 0. The zero-order valence-electron chi connectivity index (χ0n) is 31.9. The highest BCUT2D eigenvalue weighted by molar-refractivity contribution is 7.61. The van der Waals surface area contributed by atoms with Gasteiger partial charge in [0.05, 0.1) is 32.3 Å². The maximum absolute atomic E-state index is 13.9. The number of aliphatic hydroxyl groups excluding tert-OH is 2. The summed E-state index contributed by atoms with van der Waals surface area (Å²) in [6.07, 6.45) is -5.48. The number of ketones is 1. The molecule has 0 radical (unpaired) electrons. The summed E-state index contributed by atoms with van der Waals surface area (Å²) in [5.74, 6) is -0.650. The maximum atomic E-state index is 13.9. The molecular weight excluding hydrogens is 816 g/mol. The topological polar surface area (TPSA) is 254 Å². The fraction of sp³-hybridized carbons (Fsp3) is 0.342. The molecule has 19 nitrogen and oxygen atoms in total. The number of rotatable bonds is 18. The van der Waals surface area contributed by atoms with E-state index in [9.17, 15) is 43.4 Å². The number of para-hydroxylation sites is 1. The quantitative estimate of drug-likeness (QED) is 0.0634. The molecule has 314 valence electrons. The number of hydrogen-bond donors (Lipinski definition) is 3. The van der Waals surface area contributed by atoms with Gasteiger partial charge in [0, 0.05) is 24.1 Å². The van der Waals surface area contributed by atoms with Crippen molar-refractivity contribution in [2.45, 2.75) is 71.5 Å². The highest BCUT2D eigenvalue weighted by Crippen LogP contribution is 2.64. The van der Waals surface area contributed by atoms with E-state index in [-0.39, 0.29) is 36.1 Å². The molecule has 5 aromatic rings. The molecule has 0 spiro atoms. The Hall–Kier alpha value is -4.91. The molecule has 21 heteroatoms. The van der Waals surface area contributed by atoms with Gasteiger partial charge in [0.15, 0.2) is 11.8 Å². The molecule has 1 fully saturated rings. The van der Waals surface area contributed by atoms with Gasteiger partial charge in [-0.25, -0.2) is 13.9 Å². The molecule has 3 heterocycles. The second-order valence-electron chi connectivity index (χ2n) is 13.9. The van der Waals surface area contributed by atoms with E-state index < -0.39 is 77.2 Å². The number of nitrogens with zero attached hydrogens (tertiary/aromatic N) is 3. The van der Waals surface area contributed by atoms with Crippen LogP contribution in [0.15, 0.2) is 99.2 Å². The first-order valence-corrected chi connectivity index (χ1v) is 21.1. The van der Waals surface area contributed by atoms with Crippen LogP contribution in [0.5, 0.6) is 5.75 Å². The minimum atomic E-state index is -5.39. The average molecular weight is 858 g/mol. The van der Waals surface area contributed by atoms with E-state index in [1.807, 2.05) is 0 Å². The van der Waals surface area contributed by atoms with Crippen molar-refractivity contribution in [3.63, 3.8) is 0 Å². The SMILES string of the molecule is CC(=O)Cc1ccc(COP(=O)(OCc2ccc(OC(=O)C(C)C)cc2)OP(=O)(O)OC[C@H]2O[C@@H](n3ccc(=O)n(Cc4noc5ccccc45)c3=O)C(O)[C@H]2O)cc1. The molecule has 3 aromatic carbocycles. The van der Waals surface area contributed by atoms with Crippen molar-refractivity contribution in [1.82, 2.24) is 14.3 Å². The van der Waals surface area contributed by atoms with Gasteiger partial charge in [-0.05, 0) is 47.9 Å². The molecule has 0 amide bonds. The lowest BCUT2D eigenvalue weighted by Crippen LogP contribution is -2.43. The van der Waals surface area contributed by atoms with Gasteiger partial charge >= 0.3 is 27.3 Å². The van der Waals surface area contributed by atoms with Crippen LogP contribution in [0.25, 0.3) is 11.0 Å². The van der Waals surface area contributed by atoms with Crippen LogP contribution < -0.4 is 16.0 Å². The minimum absolute atomic E-state index is 0.0568. The number of carbonyl (C=O) groups excluding carboxylic acids is 2. The van der Waals surface area contributed by atoms with Gasteiger partial charge < -0.3 is 29.1 Å². The number of ether oxygens (including phenoxy) is 2. The normalized spacial score (nSPS) is 20.1. The highest BCUT2D eigenvalue weighted by Gasteiger charge is 2.46. The third-order valence-corrected chi connectivity index (χ3v) is 11.9. The van der Waals surface area contributed by atoms with Crippen LogP contribution in [0.3, 0.4) is 0 Å². The Labute approximate surface area is 335 Å². The minimum Gasteiger partial charge on any atom is -0.426 e. The number of phosphoric acid groups is 2. The van der Waals surface area contributed by atoms with Gasteiger partial charge in [-0.1, -0.05) is 67.5 Å². The monoisotopic (exact) mass is 857 g/mol. The first kappa shape index (κ1) is 43.7. The van der Waals surface area contributed by atoms with E-state index in [0.29, 0.717) is 27.7 Å². The van der Waals surface area contributed by atoms with Crippen molar-refractivity contribution in [3.05, 3.63) is 128 Å². The Balaban J connectivity index is 1.14. The molecule has 3 N–H and O–H groups in total. The predicted molar refractivity (Wildman–Crippen MR) is 206 cm³/mol. The van der Waals surface area contributed by atoms with Crippen molar-refractivity contribution in [2.75, 3.05) is 6.61 Å². The number of benzene rings is 3. The van der Waals surface area contributed by atoms with Crippen molar-refractivity contribution in [3.8, 4) is 5.75 Å². The van der Waals surface area contributed by atoms with Gasteiger partial charge in [-0.2, -0.15) is 4.31 Å². The van der Waals surface area contributed by atoms with E-state index >= 15 is 0 Å². The van der Waals surface area contributed by atoms with Crippen LogP contribution >= 0.6 is 15.6 Å². The number of phosphoric ester groups is 2. The Morgan fingerprint density at radius 2 is 1.49 bits per heavy atom. The first-order valence-electron chi connectivity index (χ1n) is 18.1. The Morgan fingerprint density at radius 3 is 2.14 bits per heavy atom. The summed E-state index contributed by atoms with van der Waals surface area (Å²) in [6.45, 7) is 2.64. The van der Waals surface area contributed by atoms with E-state index in [2.05, 4.69) is 5.16 Å². The van der Waals surface area contributed by atoms with E-state index in [0.717, 1.165) is 21.4 Å². The van der Waals surface area contributed by atoms with Gasteiger partial charge in [-0.3, -0.25) is 37.1 Å². The van der Waals surface area contributed by atoms with Crippen LogP contribution in [0.4, 0.5) is 0 Å². The largest absolute Gasteiger partial charge is 0.484 e. The lowest BCUT2D eigenvalue weighted by atomic mass is 10.1. The summed E-state index contributed by atoms with van der Waals surface area (Å²) in [7, 11) is -10.4. The fourth-order valence-electron chi connectivity index (χ4n) is 5.81. The Kier molecular flexibility index (Phi) is 13.7. The number of aliphatic hydroxyl groups is 2. The van der Waals surface area contributed by atoms with Gasteiger partial charge in [-0.15, -0.1) is 0 Å². The second-order valence-corrected chi connectivity index (χ2v) is 17.1. The smallest absolute Gasteiger partial charge is 0.426 e. The van der Waals surface area contributed by atoms with Crippen LogP contribution in [0.2, 0.25) is 0 Å². The maximum Gasteiger partial charge on any atom is 0.484 e. The van der Waals surface area contributed by atoms with Gasteiger partial charge in [0.25, 0.3) is 5.56 Å². The molecular formula is C38H41N3O16P2. The molecule has 1 saturated heterocycles. The molecule has 6 atom stereocenters. The second kappa shape index (κ2) is 18.6. The standard InChI is InChI=1S/C38H41N3O16P2/c1-23(2)37(46)54-28-14-12-27(13-15-28)21-53-59(50,52-20-26-10-8-25(9-11-26)18-24(3)42)57-58(48,49)51-22-32-34(44)35(45)36(55-32)40-17-16-33(43)41(38(40)47)19-30-29-6-4-5-7-31(29)56-39-30/h4-17,23,32,34-36,44-45H,18-22H2,1-3H3,(H,48,49)/t32-,34+,35?,36-,59?/m1/s1. The van der Waals surface area contributed by atoms with Crippen molar-refractivity contribution in [2.24, 2.45) is 5.92 Å². The molecule has 59 heavy (non-hydrogen) atoms. The lowest BCUT2D eigenvalue weighted by Gasteiger charge is -2.22. The molecule has 6 rings (SSSR count). The third-order valence-electron chi connectivity index (χ3n) is 8.94. The van der Waals surface area contributed by atoms with Crippen LogP contribution in [0, 0.1) is 5.92 Å². The number of fused-ring (bicyclic) bond motifs is 1. The Bertz CT molecular complexity index is 2500. The van der Waals surface area contributed by atoms with Crippen LogP contribution in [0.1, 0.15) is 49.4 Å². The van der Waals surface area contributed by atoms with Crippen molar-refractivity contribution < 1.29 is 65.7 Å². The summed E-state index contributed by atoms with van der Waals surface area (Å²) < 4.78 is 66.0. The molecule has 0 bridgehead atoms. The van der Waals surface area contributed by atoms with Crippen molar-refractivity contribution >= 4 is 38.4 Å². The molecule has 2 aromatic heterocycles. The lowest BCUT2D eigenvalue weighted by molar-refractivity contribution is -0.137. The first-order chi connectivity index (χ1) is 28.0. The van der Waals surface area contributed by atoms with Crippen LogP contribution in [-0.4, -0.2) is 66.1 Å².